The van der Waals surface area contributed by atoms with Crippen molar-refractivity contribution in [2.45, 2.75) is 26.4 Å². The van der Waals surface area contributed by atoms with E-state index >= 15 is 0 Å². The van der Waals surface area contributed by atoms with Crippen molar-refractivity contribution >= 4 is 17.2 Å². The van der Waals surface area contributed by atoms with E-state index in [1.165, 1.54) is 4.57 Å². The Hall–Kier alpha value is -2.32. The fraction of sp³-hybridized carbons (Fsp3) is 0.333. The molecule has 0 aliphatic rings. The highest BCUT2D eigenvalue weighted by molar-refractivity contribution is 6.01. The van der Waals surface area contributed by atoms with Gasteiger partial charge in [0.2, 0.25) is 0 Å². The first-order valence-electron chi connectivity index (χ1n) is 6.17. The normalized spacial score (nSPS) is 11.2. The van der Waals surface area contributed by atoms with Gasteiger partial charge in [0.15, 0.2) is 6.29 Å². The molecule has 0 spiro atoms. The van der Waals surface area contributed by atoms with Crippen molar-refractivity contribution in [2.75, 3.05) is 0 Å². The van der Waals surface area contributed by atoms with Gasteiger partial charge in [0.05, 0.1) is 5.56 Å². The van der Waals surface area contributed by atoms with Gasteiger partial charge in [-0.05, 0) is 20.8 Å². The van der Waals surface area contributed by atoms with Gasteiger partial charge >= 0.3 is 0 Å². The van der Waals surface area contributed by atoms with Crippen LogP contribution < -0.4 is 5.56 Å². The number of fused-ring (bicyclic) bond motifs is 1. The van der Waals surface area contributed by atoms with Crippen LogP contribution in [0.2, 0.25) is 0 Å². The summed E-state index contributed by atoms with van der Waals surface area (Å²) < 4.78 is 1.40. The molecular weight excluding hydrogens is 256 g/mol. The Labute approximate surface area is 116 Å². The average molecular weight is 272 g/mol. The Bertz CT molecular complexity index is 808. The maximum Gasteiger partial charge on any atom is 0.274 e. The van der Waals surface area contributed by atoms with Crippen LogP contribution in [-0.4, -0.2) is 26.5 Å². The Kier molecular flexibility index (Phi) is 3.28. The summed E-state index contributed by atoms with van der Waals surface area (Å²) in [5.41, 5.74) is 0.589. The number of aromatic nitrogens is 2. The topological polar surface area (TPSA) is 75.1 Å². The molecule has 0 radical (unpaired) electrons. The van der Waals surface area contributed by atoms with E-state index in [-0.39, 0.29) is 5.56 Å². The Morgan fingerprint density at radius 1 is 1.45 bits per heavy atom. The van der Waals surface area contributed by atoms with Crippen LogP contribution >= 0.6 is 0 Å². The zero-order chi connectivity index (χ0) is 15.1. The number of nitrogens with zero attached hydrogens (tertiary/aromatic N) is 1. The molecule has 2 heterocycles. The quantitative estimate of drug-likeness (QED) is 0.603. The van der Waals surface area contributed by atoms with Gasteiger partial charge in [0.25, 0.3) is 5.56 Å². The van der Waals surface area contributed by atoms with E-state index in [0.29, 0.717) is 34.0 Å². The summed E-state index contributed by atoms with van der Waals surface area (Å²) in [6.45, 7) is 4.88. The third kappa shape index (κ3) is 2.38. The number of pyridine rings is 1. The number of nitrogens with one attached hydrogen (secondary N) is 1. The lowest BCUT2D eigenvalue weighted by Gasteiger charge is -2.07. The Balaban J connectivity index is 2.90. The molecule has 2 N–H and O–H groups in total. The molecule has 2 rings (SSSR count). The van der Waals surface area contributed by atoms with Crippen LogP contribution in [0.1, 0.15) is 35.5 Å². The van der Waals surface area contributed by atoms with E-state index in [1.807, 2.05) is 0 Å². The van der Waals surface area contributed by atoms with E-state index in [4.69, 9.17) is 0 Å². The van der Waals surface area contributed by atoms with Crippen LogP contribution in [0.3, 0.4) is 0 Å². The van der Waals surface area contributed by atoms with E-state index < -0.39 is 5.60 Å². The van der Waals surface area contributed by atoms with Crippen molar-refractivity contribution in [3.63, 3.8) is 0 Å². The number of aryl methyl sites for hydroxylation is 2. The van der Waals surface area contributed by atoms with Gasteiger partial charge in [-0.25, -0.2) is 0 Å². The Morgan fingerprint density at radius 3 is 2.65 bits per heavy atom. The molecule has 0 saturated carbocycles. The Morgan fingerprint density at radius 2 is 2.10 bits per heavy atom. The van der Waals surface area contributed by atoms with Crippen molar-refractivity contribution in [3.8, 4) is 11.8 Å². The summed E-state index contributed by atoms with van der Waals surface area (Å²) in [5, 5.41) is 10.2. The molecule has 0 bridgehead atoms. The minimum Gasteiger partial charge on any atom is -0.378 e. The predicted molar refractivity (Wildman–Crippen MR) is 76.8 cm³/mol. The lowest BCUT2D eigenvalue weighted by Crippen LogP contribution is -2.17. The predicted octanol–water partition coefficient (Wildman–Crippen LogP) is 1.11. The number of hydrogen-bond acceptors (Lipinski definition) is 3. The van der Waals surface area contributed by atoms with Crippen LogP contribution in [0.25, 0.3) is 10.9 Å². The van der Waals surface area contributed by atoms with Gasteiger partial charge < -0.3 is 14.7 Å². The molecule has 0 fully saturated rings. The van der Waals surface area contributed by atoms with Gasteiger partial charge in [0, 0.05) is 29.9 Å². The number of aldehydes is 1. The maximum absolute atomic E-state index is 12.1. The van der Waals surface area contributed by atoms with Crippen molar-refractivity contribution in [2.24, 2.45) is 7.05 Å². The smallest absolute Gasteiger partial charge is 0.274 e. The molecule has 20 heavy (non-hydrogen) atoms. The van der Waals surface area contributed by atoms with Gasteiger partial charge in [0.1, 0.15) is 11.1 Å². The zero-order valence-electron chi connectivity index (χ0n) is 11.9. The van der Waals surface area contributed by atoms with Gasteiger partial charge in [-0.15, -0.1) is 0 Å². The van der Waals surface area contributed by atoms with Gasteiger partial charge in [-0.1, -0.05) is 11.8 Å². The molecule has 5 heteroatoms. The highest BCUT2D eigenvalue weighted by Crippen LogP contribution is 2.21. The summed E-state index contributed by atoms with van der Waals surface area (Å²) in [4.78, 5) is 26.2. The van der Waals surface area contributed by atoms with Crippen molar-refractivity contribution in [1.29, 1.82) is 0 Å². The van der Waals surface area contributed by atoms with E-state index in [2.05, 4.69) is 16.8 Å². The number of H-pyrrole nitrogens is 1. The molecule has 2 aromatic rings. The second-order valence-corrected chi connectivity index (χ2v) is 5.30. The summed E-state index contributed by atoms with van der Waals surface area (Å²) >= 11 is 0. The first kappa shape index (κ1) is 14.1. The molecule has 104 valence electrons. The number of rotatable bonds is 1. The molecule has 0 atom stereocenters. The third-order valence-electron chi connectivity index (χ3n) is 2.98. The molecule has 2 aromatic heterocycles. The fourth-order valence-corrected chi connectivity index (χ4v) is 2.04. The second-order valence-electron chi connectivity index (χ2n) is 5.30. The highest BCUT2D eigenvalue weighted by atomic mass is 16.3. The second kappa shape index (κ2) is 4.66. The van der Waals surface area contributed by atoms with E-state index in [1.54, 1.807) is 34.0 Å². The molecule has 0 aliphatic carbocycles. The average Bonchev–Trinajstić information content (AvgIpc) is 2.68. The first-order valence-corrected chi connectivity index (χ1v) is 6.17. The van der Waals surface area contributed by atoms with Crippen LogP contribution in [0.4, 0.5) is 0 Å². The molecular formula is C15H16N2O3. The lowest BCUT2D eigenvalue weighted by atomic mass is 10.1. The molecule has 0 saturated heterocycles. The number of carbonyl (C=O) groups excluding carboxylic acids is 1. The number of carbonyl (C=O) groups is 1. The largest absolute Gasteiger partial charge is 0.378 e. The first-order chi connectivity index (χ1) is 9.24. The lowest BCUT2D eigenvalue weighted by molar-refractivity contribution is 0.112. The number of aromatic amines is 1. The van der Waals surface area contributed by atoms with Crippen molar-refractivity contribution < 1.29 is 9.90 Å². The summed E-state index contributed by atoms with van der Waals surface area (Å²) in [7, 11) is 1.62. The van der Waals surface area contributed by atoms with Crippen molar-refractivity contribution in [3.05, 3.63) is 33.4 Å². The fourth-order valence-electron chi connectivity index (χ4n) is 2.04. The molecule has 0 aromatic carbocycles. The van der Waals surface area contributed by atoms with Crippen LogP contribution in [-0.2, 0) is 7.05 Å². The van der Waals surface area contributed by atoms with Gasteiger partial charge in [-0.2, -0.15) is 0 Å². The third-order valence-corrected chi connectivity index (χ3v) is 2.98. The minimum atomic E-state index is -1.15. The number of hydrogen-bond donors (Lipinski definition) is 2. The summed E-state index contributed by atoms with van der Waals surface area (Å²) in [6, 6.07) is 0. The van der Waals surface area contributed by atoms with E-state index in [9.17, 15) is 14.7 Å². The summed E-state index contributed by atoms with van der Waals surface area (Å²) in [6.07, 6.45) is 2.28. The standard InChI is InChI=1S/C15H16N2O3/c1-9-11(8-18)12-10(5-6-15(2,3)20)7-17(4)14(19)13(12)16-9/h7-8,16,20H,1-4H3. The van der Waals surface area contributed by atoms with Crippen LogP contribution in [0.15, 0.2) is 11.0 Å². The molecule has 0 aliphatic heterocycles. The zero-order valence-corrected chi connectivity index (χ0v) is 11.9. The molecule has 0 unspecified atom stereocenters. The highest BCUT2D eigenvalue weighted by Gasteiger charge is 2.15. The number of aliphatic hydroxyl groups is 1. The molecule has 0 amide bonds. The monoisotopic (exact) mass is 272 g/mol. The minimum absolute atomic E-state index is 0.218. The molecule has 5 nitrogen and oxygen atoms in total. The SMILES string of the molecule is Cc1[nH]c2c(=O)n(C)cc(C#CC(C)(C)O)c2c1C=O. The van der Waals surface area contributed by atoms with E-state index in [0.717, 1.165) is 0 Å². The summed E-state index contributed by atoms with van der Waals surface area (Å²) in [5.74, 6) is 5.54. The van der Waals surface area contributed by atoms with Crippen molar-refractivity contribution in [1.82, 2.24) is 9.55 Å². The van der Waals surface area contributed by atoms with Crippen LogP contribution in [0.5, 0.6) is 0 Å². The maximum atomic E-state index is 12.1. The van der Waals surface area contributed by atoms with Gasteiger partial charge in [-0.3, -0.25) is 9.59 Å². The van der Waals surface area contributed by atoms with Crippen LogP contribution in [0, 0.1) is 18.8 Å².